The van der Waals surface area contributed by atoms with Crippen LogP contribution in [0.15, 0.2) is 60.8 Å². The van der Waals surface area contributed by atoms with Crippen molar-refractivity contribution in [1.82, 2.24) is 15.2 Å². The Labute approximate surface area is 182 Å². The van der Waals surface area contributed by atoms with Gasteiger partial charge in [-0.3, -0.25) is 5.10 Å². The number of hydrogen-bond acceptors (Lipinski definition) is 6. The van der Waals surface area contributed by atoms with Gasteiger partial charge in [0.15, 0.2) is 5.13 Å². The molecule has 0 radical (unpaired) electrons. The fourth-order valence-corrected chi connectivity index (χ4v) is 5.83. The Morgan fingerprint density at radius 1 is 1.16 bits per heavy atom. The summed E-state index contributed by atoms with van der Waals surface area (Å²) in [5, 5.41) is 23.6. The molecule has 0 unspecified atom stereocenters. The number of aromatic amines is 1. The summed E-state index contributed by atoms with van der Waals surface area (Å²) >= 11 is 1.50. The fourth-order valence-electron chi connectivity index (χ4n) is 5.04. The summed E-state index contributed by atoms with van der Waals surface area (Å²) in [7, 11) is 0. The van der Waals surface area contributed by atoms with Crippen LogP contribution in [-0.4, -0.2) is 20.3 Å². The van der Waals surface area contributed by atoms with Crippen molar-refractivity contribution in [3.05, 3.63) is 77.5 Å². The summed E-state index contributed by atoms with van der Waals surface area (Å²) in [6.45, 7) is 2.21. The van der Waals surface area contributed by atoms with E-state index in [-0.39, 0.29) is 6.04 Å². The molecule has 31 heavy (non-hydrogen) atoms. The molecule has 2 aromatic heterocycles. The van der Waals surface area contributed by atoms with Gasteiger partial charge in [-0.2, -0.15) is 5.10 Å². The Hall–Kier alpha value is -3.58. The molecule has 1 aliphatic rings. The van der Waals surface area contributed by atoms with Crippen molar-refractivity contribution in [3.63, 3.8) is 0 Å². The topological polar surface area (TPSA) is 99.9 Å². The maximum Gasteiger partial charge on any atom is 0.181 e. The van der Waals surface area contributed by atoms with E-state index in [1.807, 2.05) is 30.5 Å². The minimum atomic E-state index is -0.415. The molecule has 5 aromatic rings. The molecule has 5 N–H and O–H groups in total. The number of benzene rings is 3. The lowest BCUT2D eigenvalue weighted by Crippen LogP contribution is -2.35. The smallest absolute Gasteiger partial charge is 0.181 e. The van der Waals surface area contributed by atoms with Gasteiger partial charge < -0.3 is 16.2 Å². The number of aromatic nitrogens is 3. The zero-order valence-corrected chi connectivity index (χ0v) is 17.7. The Bertz CT molecular complexity index is 1460. The van der Waals surface area contributed by atoms with Gasteiger partial charge in [0.1, 0.15) is 5.75 Å². The van der Waals surface area contributed by atoms with E-state index in [1.165, 1.54) is 16.9 Å². The summed E-state index contributed by atoms with van der Waals surface area (Å²) in [6, 6.07) is 18.2. The van der Waals surface area contributed by atoms with Crippen LogP contribution >= 0.6 is 11.3 Å². The van der Waals surface area contributed by atoms with Crippen molar-refractivity contribution in [2.45, 2.75) is 24.8 Å². The fraction of sp³-hybridized carbons (Fsp3) is 0.167. The van der Waals surface area contributed by atoms with Crippen LogP contribution in [0, 0.1) is 0 Å². The first-order valence-electron chi connectivity index (χ1n) is 10.2. The number of phenolic OH excluding ortho intramolecular Hbond substituents is 1. The van der Waals surface area contributed by atoms with Crippen molar-refractivity contribution < 1.29 is 5.11 Å². The number of aromatic hydroxyl groups is 1. The van der Waals surface area contributed by atoms with Gasteiger partial charge in [-0.25, -0.2) is 4.98 Å². The van der Waals surface area contributed by atoms with Gasteiger partial charge in [0, 0.05) is 22.1 Å². The average molecular weight is 428 g/mol. The number of phenols is 1. The van der Waals surface area contributed by atoms with E-state index in [9.17, 15) is 5.11 Å². The van der Waals surface area contributed by atoms with Gasteiger partial charge in [-0.05, 0) is 47.9 Å². The minimum Gasteiger partial charge on any atom is -0.508 e. The summed E-state index contributed by atoms with van der Waals surface area (Å²) in [5.74, 6) is 0.308. The first kappa shape index (κ1) is 18.2. The molecule has 2 atom stereocenters. The molecule has 0 fully saturated rings. The molecule has 0 bridgehead atoms. The summed E-state index contributed by atoms with van der Waals surface area (Å²) in [6.07, 6.45) is 2.65. The molecule has 6 nitrogen and oxygen atoms in total. The Morgan fingerprint density at radius 2 is 2.03 bits per heavy atom. The van der Waals surface area contributed by atoms with Crippen molar-refractivity contribution in [2.24, 2.45) is 0 Å². The highest BCUT2D eigenvalue weighted by molar-refractivity contribution is 7.22. The highest BCUT2D eigenvalue weighted by Gasteiger charge is 2.41. The minimum absolute atomic E-state index is 0.0641. The van der Waals surface area contributed by atoms with E-state index in [0.717, 1.165) is 44.4 Å². The first-order chi connectivity index (χ1) is 15.0. The third-order valence-corrected chi connectivity index (χ3v) is 7.30. The maximum absolute atomic E-state index is 10.8. The first-order valence-corrected chi connectivity index (χ1v) is 11.0. The number of nitrogens with zero attached hydrogens (tertiary/aromatic N) is 2. The van der Waals surface area contributed by atoms with Crippen molar-refractivity contribution in [2.75, 3.05) is 11.1 Å². The van der Waals surface area contributed by atoms with E-state index < -0.39 is 5.41 Å². The molecule has 0 saturated carbocycles. The molecule has 0 spiro atoms. The number of nitrogen functional groups attached to an aromatic ring is 1. The summed E-state index contributed by atoms with van der Waals surface area (Å²) in [4.78, 5) is 4.38. The van der Waals surface area contributed by atoms with Crippen LogP contribution in [0.4, 0.5) is 10.8 Å². The number of fused-ring (bicyclic) bond motifs is 4. The second kappa shape index (κ2) is 6.46. The van der Waals surface area contributed by atoms with E-state index in [1.54, 1.807) is 6.07 Å². The molecule has 3 aromatic carbocycles. The number of anilines is 2. The number of para-hydroxylation sites is 1. The lowest BCUT2D eigenvalue weighted by molar-refractivity contribution is 0.417. The van der Waals surface area contributed by atoms with Crippen LogP contribution in [0.3, 0.4) is 0 Å². The highest BCUT2D eigenvalue weighted by Crippen LogP contribution is 2.52. The van der Waals surface area contributed by atoms with Gasteiger partial charge in [0.05, 0.1) is 28.0 Å². The lowest BCUT2D eigenvalue weighted by atomic mass is 9.67. The van der Waals surface area contributed by atoms with Gasteiger partial charge in [0.2, 0.25) is 0 Å². The maximum atomic E-state index is 10.8. The largest absolute Gasteiger partial charge is 0.508 e. The van der Waals surface area contributed by atoms with Crippen molar-refractivity contribution in [1.29, 1.82) is 0 Å². The van der Waals surface area contributed by atoms with Crippen LogP contribution in [0.5, 0.6) is 5.75 Å². The molecule has 154 valence electrons. The van der Waals surface area contributed by atoms with Gasteiger partial charge in [-0.15, -0.1) is 0 Å². The molecular weight excluding hydrogens is 406 g/mol. The number of hydrogen-bond donors (Lipinski definition) is 4. The van der Waals surface area contributed by atoms with Crippen molar-refractivity contribution in [3.8, 4) is 5.75 Å². The SMILES string of the molecule is C[C@]1(c2ccccc2O)C[C@H](c2ccc3nc(N)sc3c2)Nc2ccc3[nH]ncc3c21. The molecule has 1 aliphatic heterocycles. The zero-order chi connectivity index (χ0) is 21.2. The van der Waals surface area contributed by atoms with Crippen LogP contribution in [0.1, 0.15) is 36.1 Å². The van der Waals surface area contributed by atoms with Crippen molar-refractivity contribution >= 4 is 43.3 Å². The monoisotopic (exact) mass is 427 g/mol. The molecule has 6 rings (SSSR count). The van der Waals surface area contributed by atoms with Gasteiger partial charge in [-0.1, -0.05) is 42.5 Å². The highest BCUT2D eigenvalue weighted by atomic mass is 32.1. The predicted octanol–water partition coefficient (Wildman–Crippen LogP) is 5.32. The molecule has 0 aliphatic carbocycles. The van der Waals surface area contributed by atoms with Crippen LogP contribution in [0.25, 0.3) is 21.1 Å². The number of nitrogens with two attached hydrogens (primary N) is 1. The van der Waals surface area contributed by atoms with Gasteiger partial charge in [0.25, 0.3) is 0 Å². The number of rotatable bonds is 2. The van der Waals surface area contributed by atoms with Crippen LogP contribution < -0.4 is 11.1 Å². The van der Waals surface area contributed by atoms with E-state index in [0.29, 0.717) is 10.9 Å². The normalized spacial score (nSPS) is 20.6. The second-order valence-corrected chi connectivity index (χ2v) is 9.41. The molecular formula is C24H21N5OS. The Kier molecular flexibility index (Phi) is 3.79. The molecule has 0 saturated heterocycles. The summed E-state index contributed by atoms with van der Waals surface area (Å²) < 4.78 is 1.08. The third-order valence-electron chi connectivity index (χ3n) is 6.45. The number of nitrogens with one attached hydrogen (secondary N) is 2. The molecule has 3 heterocycles. The van der Waals surface area contributed by atoms with E-state index in [4.69, 9.17) is 5.73 Å². The molecule has 7 heteroatoms. The lowest BCUT2D eigenvalue weighted by Gasteiger charge is -2.42. The van der Waals surface area contributed by atoms with Gasteiger partial charge >= 0.3 is 0 Å². The van der Waals surface area contributed by atoms with Crippen LogP contribution in [-0.2, 0) is 5.41 Å². The Balaban J connectivity index is 1.57. The van der Waals surface area contributed by atoms with E-state index >= 15 is 0 Å². The quantitative estimate of drug-likeness (QED) is 0.305. The summed E-state index contributed by atoms with van der Waals surface area (Å²) in [5.41, 5.74) is 11.7. The van der Waals surface area contributed by atoms with Crippen LogP contribution in [0.2, 0.25) is 0 Å². The van der Waals surface area contributed by atoms with E-state index in [2.05, 4.69) is 51.7 Å². The average Bonchev–Trinajstić information content (AvgIpc) is 3.38. The number of thiazole rings is 1. The standard InChI is InChI=1S/C24H21N5OS/c1-24(15-4-2-3-5-20(15)30)11-19(13-6-7-17-21(10-13)31-23(25)28-17)27-18-9-8-16-14(22(18)24)12-26-29-16/h2-10,12,19,27,30H,11H2,1H3,(H2,25,28)(H,26,29)/t19-,24-/m1/s1. The zero-order valence-electron chi connectivity index (χ0n) is 16.9. The third kappa shape index (κ3) is 2.70. The number of H-pyrrole nitrogens is 1. The Morgan fingerprint density at radius 3 is 2.90 bits per heavy atom. The molecule has 0 amide bonds. The predicted molar refractivity (Wildman–Crippen MR) is 126 cm³/mol. The second-order valence-electron chi connectivity index (χ2n) is 8.35.